The van der Waals surface area contributed by atoms with Crippen molar-refractivity contribution in [2.75, 3.05) is 11.4 Å². The van der Waals surface area contributed by atoms with Crippen LogP contribution in [0, 0.1) is 5.92 Å². The molecule has 1 saturated heterocycles. The summed E-state index contributed by atoms with van der Waals surface area (Å²) in [5.41, 5.74) is 0.980. The van der Waals surface area contributed by atoms with Gasteiger partial charge in [0.15, 0.2) is 11.4 Å². The van der Waals surface area contributed by atoms with Crippen LogP contribution in [0.5, 0.6) is 0 Å². The lowest BCUT2D eigenvalue weighted by atomic mass is 9.78. The fourth-order valence-corrected chi connectivity index (χ4v) is 4.73. The van der Waals surface area contributed by atoms with Crippen LogP contribution in [0.3, 0.4) is 0 Å². The normalized spacial score (nSPS) is 27.1. The predicted molar refractivity (Wildman–Crippen MR) is 79.2 cm³/mol. The molecule has 0 bridgehead atoms. The second-order valence-electron chi connectivity index (χ2n) is 5.73. The van der Waals surface area contributed by atoms with Crippen LogP contribution in [0.4, 0.5) is 5.13 Å². The standard InChI is InChI=1S/C15H22N2OS/c1-2-12-14(10-18)19-15(16-12)17-9-5-7-11-6-3-4-8-13(11)17/h10-11,13H,2-9H2,1H3/t11-,13-/m1/s1. The maximum Gasteiger partial charge on any atom is 0.186 e. The molecule has 0 spiro atoms. The number of piperidine rings is 1. The Bertz CT molecular complexity index is 455. The monoisotopic (exact) mass is 278 g/mol. The molecule has 3 rings (SSSR count). The van der Waals surface area contributed by atoms with Crippen molar-refractivity contribution in [3.8, 4) is 0 Å². The Morgan fingerprint density at radius 3 is 2.84 bits per heavy atom. The minimum Gasteiger partial charge on any atom is -0.345 e. The average molecular weight is 278 g/mol. The van der Waals surface area contributed by atoms with E-state index in [1.54, 1.807) is 11.3 Å². The summed E-state index contributed by atoms with van der Waals surface area (Å²) >= 11 is 1.59. The number of thiazole rings is 1. The number of hydrogen-bond donors (Lipinski definition) is 0. The predicted octanol–water partition coefficient (Wildman–Crippen LogP) is 3.68. The summed E-state index contributed by atoms with van der Waals surface area (Å²) in [7, 11) is 0. The van der Waals surface area contributed by atoms with E-state index in [4.69, 9.17) is 4.98 Å². The van der Waals surface area contributed by atoms with Gasteiger partial charge < -0.3 is 4.90 Å². The molecule has 1 aliphatic heterocycles. The molecule has 0 amide bonds. The van der Waals surface area contributed by atoms with Gasteiger partial charge in [-0.15, -0.1) is 0 Å². The molecule has 2 atom stereocenters. The van der Waals surface area contributed by atoms with E-state index in [-0.39, 0.29) is 0 Å². The molecule has 19 heavy (non-hydrogen) atoms. The highest BCUT2D eigenvalue weighted by molar-refractivity contribution is 7.17. The molecule has 3 nitrogen and oxygen atoms in total. The van der Waals surface area contributed by atoms with E-state index in [2.05, 4.69) is 11.8 Å². The van der Waals surface area contributed by atoms with Crippen LogP contribution in [-0.4, -0.2) is 23.9 Å². The van der Waals surface area contributed by atoms with Gasteiger partial charge in [0.1, 0.15) is 0 Å². The van der Waals surface area contributed by atoms with Crippen LogP contribution in [0.2, 0.25) is 0 Å². The molecule has 0 aromatic carbocycles. The summed E-state index contributed by atoms with van der Waals surface area (Å²) in [5.74, 6) is 0.858. The fourth-order valence-electron chi connectivity index (χ4n) is 3.68. The topological polar surface area (TPSA) is 33.2 Å². The minimum atomic E-state index is 0.679. The lowest BCUT2D eigenvalue weighted by Crippen LogP contribution is -2.46. The highest BCUT2D eigenvalue weighted by Gasteiger charge is 2.34. The van der Waals surface area contributed by atoms with Crippen molar-refractivity contribution in [2.24, 2.45) is 5.92 Å². The summed E-state index contributed by atoms with van der Waals surface area (Å²) in [6.07, 6.45) is 9.92. The summed E-state index contributed by atoms with van der Waals surface area (Å²) < 4.78 is 0. The molecule has 0 radical (unpaired) electrons. The van der Waals surface area contributed by atoms with Gasteiger partial charge in [-0.25, -0.2) is 4.98 Å². The molecule has 0 N–H and O–H groups in total. The van der Waals surface area contributed by atoms with Crippen molar-refractivity contribution in [1.82, 2.24) is 4.98 Å². The maximum atomic E-state index is 11.1. The number of hydrogen-bond acceptors (Lipinski definition) is 4. The molecular weight excluding hydrogens is 256 g/mol. The van der Waals surface area contributed by atoms with E-state index in [0.29, 0.717) is 6.04 Å². The van der Waals surface area contributed by atoms with Gasteiger partial charge in [-0.2, -0.15) is 0 Å². The van der Waals surface area contributed by atoms with Gasteiger partial charge in [-0.3, -0.25) is 4.79 Å². The first-order valence-corrected chi connectivity index (χ1v) is 8.36. The third-order valence-electron chi connectivity index (χ3n) is 4.65. The van der Waals surface area contributed by atoms with E-state index in [9.17, 15) is 4.79 Å². The second kappa shape index (κ2) is 5.61. The average Bonchev–Trinajstić information content (AvgIpc) is 2.89. The molecule has 4 heteroatoms. The first-order chi connectivity index (χ1) is 9.33. The highest BCUT2D eigenvalue weighted by Crippen LogP contribution is 2.39. The Balaban J connectivity index is 1.87. The van der Waals surface area contributed by atoms with E-state index in [1.165, 1.54) is 38.5 Å². The van der Waals surface area contributed by atoms with Gasteiger partial charge in [-0.1, -0.05) is 31.1 Å². The Morgan fingerprint density at radius 1 is 1.32 bits per heavy atom. The molecule has 1 saturated carbocycles. The minimum absolute atomic E-state index is 0.679. The number of anilines is 1. The highest BCUT2D eigenvalue weighted by atomic mass is 32.1. The Kier molecular flexibility index (Phi) is 3.87. The third-order valence-corrected chi connectivity index (χ3v) is 5.71. The Morgan fingerprint density at radius 2 is 2.11 bits per heavy atom. The number of fused-ring (bicyclic) bond motifs is 1. The number of carbonyl (C=O) groups excluding carboxylic acids is 1. The van der Waals surface area contributed by atoms with Crippen molar-refractivity contribution in [1.29, 1.82) is 0 Å². The van der Waals surface area contributed by atoms with Crippen LogP contribution in [0.1, 0.15) is 60.8 Å². The van der Waals surface area contributed by atoms with Crippen molar-refractivity contribution in [3.63, 3.8) is 0 Å². The number of aryl methyl sites for hydroxylation is 1. The van der Waals surface area contributed by atoms with Gasteiger partial charge in [0.05, 0.1) is 10.6 Å². The van der Waals surface area contributed by atoms with Crippen LogP contribution in [-0.2, 0) is 6.42 Å². The lowest BCUT2D eigenvalue weighted by Gasteiger charge is -2.44. The lowest BCUT2D eigenvalue weighted by molar-refractivity contribution is 0.112. The van der Waals surface area contributed by atoms with Crippen molar-refractivity contribution < 1.29 is 4.79 Å². The summed E-state index contributed by atoms with van der Waals surface area (Å²) in [6, 6.07) is 0.679. The SMILES string of the molecule is CCc1nc(N2CCC[C@H]3CCCC[C@H]32)sc1C=O. The first-order valence-electron chi connectivity index (χ1n) is 7.55. The maximum absolute atomic E-state index is 11.1. The van der Waals surface area contributed by atoms with Gasteiger partial charge in [0.25, 0.3) is 0 Å². The molecule has 104 valence electrons. The zero-order valence-electron chi connectivity index (χ0n) is 11.6. The number of carbonyl (C=O) groups is 1. The molecule has 2 fully saturated rings. The summed E-state index contributed by atoms with van der Waals surface area (Å²) in [5, 5.41) is 1.09. The molecule has 2 aliphatic rings. The third kappa shape index (κ3) is 2.42. The first kappa shape index (κ1) is 13.1. The van der Waals surface area contributed by atoms with E-state index in [1.807, 2.05) is 0 Å². The quantitative estimate of drug-likeness (QED) is 0.791. The van der Waals surface area contributed by atoms with E-state index >= 15 is 0 Å². The molecule has 1 aromatic heterocycles. The number of aromatic nitrogens is 1. The van der Waals surface area contributed by atoms with Crippen LogP contribution < -0.4 is 4.90 Å². The molecule has 0 unspecified atom stereocenters. The van der Waals surface area contributed by atoms with Crippen molar-refractivity contribution >= 4 is 22.8 Å². The molecule has 2 heterocycles. The second-order valence-corrected chi connectivity index (χ2v) is 6.74. The largest absolute Gasteiger partial charge is 0.345 e. The molecule has 1 aromatic rings. The molecular formula is C15H22N2OS. The van der Waals surface area contributed by atoms with Gasteiger partial charge >= 0.3 is 0 Å². The zero-order chi connectivity index (χ0) is 13.2. The van der Waals surface area contributed by atoms with Crippen LogP contribution in [0.15, 0.2) is 0 Å². The summed E-state index contributed by atoms with van der Waals surface area (Å²) in [4.78, 5) is 19.2. The molecule has 1 aliphatic carbocycles. The van der Waals surface area contributed by atoms with E-state index < -0.39 is 0 Å². The van der Waals surface area contributed by atoms with Gasteiger partial charge in [0, 0.05) is 12.6 Å². The Hall–Kier alpha value is -0.900. The fraction of sp³-hybridized carbons (Fsp3) is 0.733. The summed E-state index contributed by atoms with van der Waals surface area (Å²) in [6.45, 7) is 3.20. The number of rotatable bonds is 3. The van der Waals surface area contributed by atoms with Gasteiger partial charge in [-0.05, 0) is 38.0 Å². The number of nitrogens with zero attached hydrogens (tertiary/aromatic N) is 2. The van der Waals surface area contributed by atoms with E-state index in [0.717, 1.165) is 40.9 Å². The van der Waals surface area contributed by atoms with Crippen molar-refractivity contribution in [3.05, 3.63) is 10.6 Å². The van der Waals surface area contributed by atoms with Crippen LogP contribution in [0.25, 0.3) is 0 Å². The Labute approximate surface area is 119 Å². The van der Waals surface area contributed by atoms with Crippen molar-refractivity contribution in [2.45, 2.75) is 57.9 Å². The number of aldehydes is 1. The zero-order valence-corrected chi connectivity index (χ0v) is 12.4. The smallest absolute Gasteiger partial charge is 0.186 e. The van der Waals surface area contributed by atoms with Crippen LogP contribution >= 0.6 is 11.3 Å². The van der Waals surface area contributed by atoms with Gasteiger partial charge in [0.2, 0.25) is 0 Å².